The zero-order chi connectivity index (χ0) is 76.0. The van der Waals surface area contributed by atoms with Crippen LogP contribution in [0, 0.1) is 63.4 Å². The molecule has 6 aliphatic rings. The lowest BCUT2D eigenvalue weighted by Gasteiger charge is -2.45. The van der Waals surface area contributed by atoms with Gasteiger partial charge in [0.15, 0.2) is 0 Å². The number of likely N-dealkylation sites (tertiary alicyclic amines) is 3. The van der Waals surface area contributed by atoms with Crippen LogP contribution in [0.15, 0.2) is 97.8 Å². The summed E-state index contributed by atoms with van der Waals surface area (Å²) in [5, 5.41) is 28.2. The Bertz CT molecular complexity index is 5080. The molecule has 3 aliphatic carbocycles. The van der Waals surface area contributed by atoms with E-state index in [1.807, 2.05) is 29.2 Å². The van der Waals surface area contributed by atoms with Gasteiger partial charge in [0.2, 0.25) is 0 Å². The minimum absolute atomic E-state index is 0.00898. The summed E-state index contributed by atoms with van der Waals surface area (Å²) in [6.07, 6.45) is 17.5. The van der Waals surface area contributed by atoms with Crippen molar-refractivity contribution in [2.75, 3.05) is 56.5 Å². The molecule has 3 saturated heterocycles. The van der Waals surface area contributed by atoms with E-state index < -0.39 is 29.4 Å². The molecule has 0 bridgehead atoms. The second kappa shape index (κ2) is 29.8. The number of nitrogens with zero attached hydrogens (tertiary/aromatic N) is 15. The second-order valence-electron chi connectivity index (χ2n) is 28.3. The molecule has 3 aliphatic heterocycles. The number of halogens is 5. The van der Waals surface area contributed by atoms with E-state index in [2.05, 4.69) is 61.0 Å². The van der Waals surface area contributed by atoms with Gasteiger partial charge in [-0.05, 0) is 160 Å². The molecule has 552 valence electrons. The average Bonchev–Trinajstić information content (AvgIpc) is 1.61. The van der Waals surface area contributed by atoms with E-state index in [-0.39, 0.29) is 104 Å². The fraction of sp³-hybridized carbons (Fsp3) is 0.360. The standard InChI is InChI=1S/2C25H25ClFN7O2.C25H26ClN7O2/c1-2-4-19(35)32-8-7-25(14-32)9-17(10-25)34-23(28)20(24(29)36)22(31-34)16-11-30-33(13-16)12-15-5-3-6-18(27)21(15)26;1-2-3-20(35)32-7-6-25(14-32)9-18(10-25)34-23(28)21(24(29)36)22(31-34)16-11-30-33(13-16)12-15-8-17(27)4-5-19(15)26;1-2-5-20(34)31-9-8-25(15-31)10-18(11-25)33-23(27)21(24(28)35)22(30-33)17-12-29-32(14-17)13-16-6-3-4-7-19(16)26/h3,5-6,11,13,17H,7-10,12,14,28H2,1H3,(H2,29,36);4-5,8,11,13,18H,6-7,9-10,12,14,28H2,1H3,(H2,29,36);3-4,6-7,12,14,18H,8-11,13,15,27H2,1H3,(H2,28,35). The van der Waals surface area contributed by atoms with E-state index in [0.29, 0.717) is 101 Å². The van der Waals surface area contributed by atoms with Gasteiger partial charge in [0, 0.05) is 84.6 Å². The Labute approximate surface area is 628 Å². The molecule has 9 heterocycles. The highest BCUT2D eigenvalue weighted by molar-refractivity contribution is 6.32. The quantitative estimate of drug-likeness (QED) is 0.0525. The SMILES string of the molecule is CC#CC(=O)N1CCC2(CC(n3nc(-c4cnn(Cc5cc(F)ccc5Cl)c4)c(C(N)=O)c3N)C2)C1.CC#CC(=O)N1CCC2(CC(n3nc(-c4cnn(Cc5cccc(F)c5Cl)c4)c(C(N)=O)c3N)C2)C1.CC#CC(=O)N1CCC2(CC(n3nc(-c4cnn(Cc5ccccc5Cl)c4)c(C(N)=O)c3N)C2)C1. The molecule has 3 aromatic carbocycles. The van der Waals surface area contributed by atoms with Crippen LogP contribution in [0.3, 0.4) is 0 Å². The molecular weight excluding hydrogens is 1440 g/mol. The molecule has 107 heavy (non-hydrogen) atoms. The summed E-state index contributed by atoms with van der Waals surface area (Å²) in [4.78, 5) is 78.8. The minimum Gasteiger partial charge on any atom is -0.383 e. The molecule has 3 spiro atoms. The zero-order valence-electron chi connectivity index (χ0n) is 58.7. The first-order valence-electron chi connectivity index (χ1n) is 34.6. The van der Waals surface area contributed by atoms with Crippen molar-refractivity contribution in [2.45, 2.75) is 116 Å². The Morgan fingerprint density at radius 1 is 0.477 bits per heavy atom. The lowest BCUT2D eigenvalue weighted by atomic mass is 9.65. The highest BCUT2D eigenvalue weighted by atomic mass is 35.5. The van der Waals surface area contributed by atoms with Crippen LogP contribution in [-0.4, -0.2) is 148 Å². The van der Waals surface area contributed by atoms with Crippen LogP contribution >= 0.6 is 34.8 Å². The maximum Gasteiger partial charge on any atom is 0.298 e. The van der Waals surface area contributed by atoms with E-state index in [4.69, 9.17) is 74.3 Å². The van der Waals surface area contributed by atoms with Crippen molar-refractivity contribution in [3.63, 3.8) is 0 Å². The van der Waals surface area contributed by atoms with E-state index in [1.165, 1.54) is 24.3 Å². The van der Waals surface area contributed by atoms with Crippen LogP contribution in [0.1, 0.15) is 144 Å². The molecule has 15 rings (SSSR count). The van der Waals surface area contributed by atoms with Gasteiger partial charge >= 0.3 is 0 Å². The third-order valence-electron chi connectivity index (χ3n) is 21.2. The number of aromatic nitrogens is 12. The number of hydrogen-bond acceptors (Lipinski definition) is 15. The highest BCUT2D eigenvalue weighted by Crippen LogP contribution is 2.57. The molecule has 32 heteroatoms. The van der Waals surface area contributed by atoms with Gasteiger partial charge in [-0.2, -0.15) is 30.6 Å². The van der Waals surface area contributed by atoms with E-state index in [1.54, 1.807) is 108 Å². The molecule has 0 atom stereocenters. The first-order valence-corrected chi connectivity index (χ1v) is 35.7. The van der Waals surface area contributed by atoms with Crippen LogP contribution in [0.25, 0.3) is 33.8 Å². The molecule has 6 aromatic heterocycles. The Hall–Kier alpha value is -11.5. The number of carbonyl (C=O) groups is 6. The van der Waals surface area contributed by atoms with Crippen LogP contribution in [0.5, 0.6) is 0 Å². The van der Waals surface area contributed by atoms with Gasteiger partial charge in [-0.25, -0.2) is 22.8 Å². The number of carbonyl (C=O) groups excluding carboxylic acids is 6. The molecule has 6 fully saturated rings. The van der Waals surface area contributed by atoms with Gasteiger partial charge in [-0.15, -0.1) is 0 Å². The summed E-state index contributed by atoms with van der Waals surface area (Å²) in [6.45, 7) is 9.98. The first kappa shape index (κ1) is 73.8. The number of anilines is 3. The third kappa shape index (κ3) is 14.8. The summed E-state index contributed by atoms with van der Waals surface area (Å²) in [7, 11) is 0. The fourth-order valence-electron chi connectivity index (χ4n) is 15.9. The van der Waals surface area contributed by atoms with Crippen LogP contribution in [0.4, 0.5) is 26.2 Å². The predicted octanol–water partition coefficient (Wildman–Crippen LogP) is 8.40. The number of primary amides is 3. The highest BCUT2D eigenvalue weighted by Gasteiger charge is 2.54. The van der Waals surface area contributed by atoms with Gasteiger partial charge in [-0.3, -0.25) is 42.8 Å². The Balaban J connectivity index is 0.000000142. The van der Waals surface area contributed by atoms with E-state index in [9.17, 15) is 37.5 Å². The first-order chi connectivity index (χ1) is 51.2. The van der Waals surface area contributed by atoms with Crippen molar-refractivity contribution in [1.29, 1.82) is 0 Å². The summed E-state index contributed by atoms with van der Waals surface area (Å²) in [5.74, 6) is 13.2. The maximum absolute atomic E-state index is 13.8. The lowest BCUT2D eigenvalue weighted by Crippen LogP contribution is -2.42. The molecule has 9 aromatic rings. The Morgan fingerprint density at radius 2 is 0.822 bits per heavy atom. The molecule has 0 radical (unpaired) electrons. The topological polar surface area (TPSA) is 375 Å². The van der Waals surface area contributed by atoms with Crippen molar-refractivity contribution in [3.05, 3.63) is 158 Å². The summed E-state index contributed by atoms with van der Waals surface area (Å²) in [5.41, 5.74) is 41.6. The average molecular weight is 1510 g/mol. The van der Waals surface area contributed by atoms with Gasteiger partial charge in [0.1, 0.15) is 62.9 Å². The van der Waals surface area contributed by atoms with Gasteiger partial charge in [0.05, 0.1) is 61.4 Å². The smallest absolute Gasteiger partial charge is 0.298 e. The number of nitrogen functional groups attached to an aromatic ring is 3. The molecular formula is C75H76Cl3F2N21O6. The number of hydrogen-bond donors (Lipinski definition) is 6. The van der Waals surface area contributed by atoms with E-state index in [0.717, 1.165) is 63.4 Å². The van der Waals surface area contributed by atoms with Crippen molar-refractivity contribution < 1.29 is 37.5 Å². The van der Waals surface area contributed by atoms with Crippen molar-refractivity contribution in [3.8, 4) is 69.3 Å². The van der Waals surface area contributed by atoms with Gasteiger partial charge < -0.3 is 49.1 Å². The van der Waals surface area contributed by atoms with E-state index >= 15 is 0 Å². The van der Waals surface area contributed by atoms with Crippen molar-refractivity contribution in [1.82, 2.24) is 73.4 Å². The molecule has 6 amide bonds. The summed E-state index contributed by atoms with van der Waals surface area (Å²) < 4.78 is 37.4. The number of rotatable bonds is 15. The molecule has 0 unspecified atom stereocenters. The predicted molar refractivity (Wildman–Crippen MR) is 397 cm³/mol. The minimum atomic E-state index is -0.681. The number of amides is 6. The van der Waals surface area contributed by atoms with Crippen LogP contribution < -0.4 is 34.4 Å². The zero-order valence-corrected chi connectivity index (χ0v) is 61.0. The van der Waals surface area contributed by atoms with Crippen molar-refractivity contribution >= 4 is 87.7 Å². The fourth-order valence-corrected chi connectivity index (χ4v) is 16.5. The summed E-state index contributed by atoms with van der Waals surface area (Å²) in [6, 6.07) is 16.3. The van der Waals surface area contributed by atoms with Gasteiger partial charge in [-0.1, -0.05) is 82.9 Å². The van der Waals surface area contributed by atoms with Crippen molar-refractivity contribution in [2.24, 2.45) is 33.4 Å². The largest absolute Gasteiger partial charge is 0.383 e. The summed E-state index contributed by atoms with van der Waals surface area (Å²) >= 11 is 18.5. The van der Waals surface area contributed by atoms with Crippen LogP contribution in [-0.2, 0) is 34.0 Å². The molecule has 12 N–H and O–H groups in total. The Kier molecular flexibility index (Phi) is 20.6. The monoisotopic (exact) mass is 1510 g/mol. The number of benzene rings is 3. The number of nitrogens with two attached hydrogens (primary N) is 6. The molecule has 27 nitrogen and oxygen atoms in total. The maximum atomic E-state index is 13.8. The Morgan fingerprint density at radius 3 is 1.19 bits per heavy atom. The lowest BCUT2D eigenvalue weighted by molar-refractivity contribution is -0.125. The molecule has 3 saturated carbocycles. The van der Waals surface area contributed by atoms with Crippen LogP contribution in [0.2, 0.25) is 15.1 Å². The normalized spacial score (nSPS) is 20.8. The third-order valence-corrected chi connectivity index (χ3v) is 22.4. The van der Waals surface area contributed by atoms with Gasteiger partial charge in [0.25, 0.3) is 35.4 Å². The second-order valence-corrected chi connectivity index (χ2v) is 29.5.